The van der Waals surface area contributed by atoms with Crippen molar-refractivity contribution in [3.63, 3.8) is 0 Å². The molecule has 1 saturated heterocycles. The maximum atomic E-state index is 11.7. The van der Waals surface area contributed by atoms with Gasteiger partial charge in [0.05, 0.1) is 0 Å². The molecule has 28 heavy (non-hydrogen) atoms. The average molecular weight is 391 g/mol. The summed E-state index contributed by atoms with van der Waals surface area (Å²) in [6.07, 6.45) is -4.50. The Balaban J connectivity index is 1.90. The first-order chi connectivity index (χ1) is 13.3. The van der Waals surface area contributed by atoms with E-state index in [-0.39, 0.29) is 6.61 Å². The SMILES string of the molecule is CC(=O)OC[C@H]1O[C@@H]2N=C(c3ccccc3)O[C@@H]2[C@@H](OC(C)=O)[C@H]1OC(C)=O. The molecule has 2 aliphatic heterocycles. The van der Waals surface area contributed by atoms with Crippen LogP contribution in [0, 0.1) is 0 Å². The zero-order valence-electron chi connectivity index (χ0n) is 15.7. The van der Waals surface area contributed by atoms with Crippen molar-refractivity contribution in [3.8, 4) is 0 Å². The van der Waals surface area contributed by atoms with Crippen LogP contribution in [0.15, 0.2) is 35.3 Å². The number of nitrogens with zero attached hydrogens (tertiary/aromatic N) is 1. The smallest absolute Gasteiger partial charge is 0.303 e. The van der Waals surface area contributed by atoms with Crippen molar-refractivity contribution < 1.29 is 38.1 Å². The van der Waals surface area contributed by atoms with Gasteiger partial charge in [-0.05, 0) is 12.1 Å². The fraction of sp³-hybridized carbons (Fsp3) is 0.474. The van der Waals surface area contributed by atoms with Crippen molar-refractivity contribution in [3.05, 3.63) is 35.9 Å². The number of rotatable bonds is 5. The molecule has 0 N–H and O–H groups in total. The average Bonchev–Trinajstić information content (AvgIpc) is 3.06. The van der Waals surface area contributed by atoms with E-state index in [1.54, 1.807) is 0 Å². The van der Waals surface area contributed by atoms with Gasteiger partial charge in [-0.15, -0.1) is 0 Å². The Morgan fingerprint density at radius 3 is 2.21 bits per heavy atom. The number of esters is 3. The molecule has 2 heterocycles. The number of ether oxygens (including phenoxy) is 5. The first-order valence-electron chi connectivity index (χ1n) is 8.78. The van der Waals surface area contributed by atoms with Gasteiger partial charge in [0.1, 0.15) is 12.7 Å². The van der Waals surface area contributed by atoms with Crippen LogP contribution in [0.4, 0.5) is 0 Å². The predicted octanol–water partition coefficient (Wildman–Crippen LogP) is 0.983. The molecule has 1 fully saturated rings. The molecule has 0 aliphatic carbocycles. The van der Waals surface area contributed by atoms with E-state index in [9.17, 15) is 14.4 Å². The Labute approximate surface area is 161 Å². The molecule has 0 aromatic heterocycles. The van der Waals surface area contributed by atoms with Gasteiger partial charge >= 0.3 is 17.9 Å². The topological polar surface area (TPSA) is 110 Å². The summed E-state index contributed by atoms with van der Waals surface area (Å²) in [5.41, 5.74) is 0.725. The van der Waals surface area contributed by atoms with E-state index in [2.05, 4.69) is 4.99 Å². The van der Waals surface area contributed by atoms with Crippen molar-refractivity contribution in [2.75, 3.05) is 6.61 Å². The Morgan fingerprint density at radius 1 is 0.964 bits per heavy atom. The van der Waals surface area contributed by atoms with Gasteiger partial charge in [0.2, 0.25) is 5.90 Å². The number of hydrogen-bond donors (Lipinski definition) is 0. The molecule has 0 bridgehead atoms. The second-order valence-electron chi connectivity index (χ2n) is 6.40. The minimum Gasteiger partial charge on any atom is -0.465 e. The van der Waals surface area contributed by atoms with Crippen LogP contribution in [-0.4, -0.2) is 61.1 Å². The second-order valence-corrected chi connectivity index (χ2v) is 6.40. The first kappa shape index (κ1) is 19.8. The molecule has 0 amide bonds. The number of hydrogen-bond acceptors (Lipinski definition) is 9. The van der Waals surface area contributed by atoms with Gasteiger partial charge in [-0.1, -0.05) is 18.2 Å². The molecule has 2 aliphatic rings. The lowest BCUT2D eigenvalue weighted by Gasteiger charge is -2.40. The van der Waals surface area contributed by atoms with Gasteiger partial charge in [0.25, 0.3) is 0 Å². The third-order valence-electron chi connectivity index (χ3n) is 4.18. The van der Waals surface area contributed by atoms with Crippen LogP contribution in [0.1, 0.15) is 26.3 Å². The molecule has 1 aromatic rings. The van der Waals surface area contributed by atoms with Gasteiger partial charge in [0, 0.05) is 26.3 Å². The zero-order chi connectivity index (χ0) is 20.3. The molecular weight excluding hydrogens is 370 g/mol. The highest BCUT2D eigenvalue weighted by atomic mass is 16.7. The van der Waals surface area contributed by atoms with Crippen LogP contribution >= 0.6 is 0 Å². The van der Waals surface area contributed by atoms with E-state index >= 15 is 0 Å². The summed E-state index contributed by atoms with van der Waals surface area (Å²) in [7, 11) is 0. The molecule has 9 heteroatoms. The first-order valence-corrected chi connectivity index (χ1v) is 8.78. The van der Waals surface area contributed by atoms with Crippen molar-refractivity contribution in [1.82, 2.24) is 0 Å². The third kappa shape index (κ3) is 4.48. The second kappa shape index (κ2) is 8.39. The molecule has 150 valence electrons. The lowest BCUT2D eigenvalue weighted by atomic mass is 9.98. The van der Waals surface area contributed by atoms with Crippen LogP contribution < -0.4 is 0 Å². The quantitative estimate of drug-likeness (QED) is 0.540. The fourth-order valence-electron chi connectivity index (χ4n) is 3.12. The standard InChI is InChI=1S/C19H21NO8/c1-10(21)24-9-14-15(25-11(2)22)16(26-12(3)23)17-19(27-14)20-18(28-17)13-7-5-4-6-8-13/h4-8,14-17,19H,9H2,1-3H3/t14-,15+,16+,17-,19+/m1/s1. The van der Waals surface area contributed by atoms with E-state index in [0.717, 1.165) is 5.56 Å². The summed E-state index contributed by atoms with van der Waals surface area (Å²) in [6, 6.07) is 9.15. The maximum Gasteiger partial charge on any atom is 0.303 e. The third-order valence-corrected chi connectivity index (χ3v) is 4.18. The molecule has 3 rings (SSSR count). The lowest BCUT2D eigenvalue weighted by molar-refractivity contribution is -0.236. The van der Waals surface area contributed by atoms with E-state index in [1.807, 2.05) is 30.3 Å². The van der Waals surface area contributed by atoms with Crippen molar-refractivity contribution in [1.29, 1.82) is 0 Å². The Bertz CT molecular complexity index is 777. The zero-order valence-corrected chi connectivity index (χ0v) is 15.7. The van der Waals surface area contributed by atoms with Crippen LogP contribution in [0.5, 0.6) is 0 Å². The molecule has 0 unspecified atom stereocenters. The van der Waals surface area contributed by atoms with Gasteiger partial charge in [0.15, 0.2) is 24.5 Å². The Morgan fingerprint density at radius 2 is 1.61 bits per heavy atom. The summed E-state index contributed by atoms with van der Waals surface area (Å²) in [6.45, 7) is 3.52. The monoisotopic (exact) mass is 391 g/mol. The molecule has 9 nitrogen and oxygen atoms in total. The van der Waals surface area contributed by atoms with Crippen LogP contribution in [0.2, 0.25) is 0 Å². The van der Waals surface area contributed by atoms with Gasteiger partial charge in [-0.2, -0.15) is 0 Å². The highest BCUT2D eigenvalue weighted by Crippen LogP contribution is 2.33. The minimum atomic E-state index is -1.02. The summed E-state index contributed by atoms with van der Waals surface area (Å²) in [5.74, 6) is -1.38. The van der Waals surface area contributed by atoms with Crippen molar-refractivity contribution in [2.45, 2.75) is 51.4 Å². The number of aliphatic imine (C=N–C) groups is 1. The molecule has 0 radical (unpaired) electrons. The summed E-state index contributed by atoms with van der Waals surface area (Å²) >= 11 is 0. The van der Waals surface area contributed by atoms with E-state index < -0.39 is 48.6 Å². The highest BCUT2D eigenvalue weighted by Gasteiger charge is 2.54. The normalized spacial score (nSPS) is 28.4. The predicted molar refractivity (Wildman–Crippen MR) is 94.3 cm³/mol. The van der Waals surface area contributed by atoms with E-state index in [1.165, 1.54) is 20.8 Å². The van der Waals surface area contributed by atoms with Gasteiger partial charge < -0.3 is 23.7 Å². The summed E-state index contributed by atoms with van der Waals surface area (Å²) < 4.78 is 27.5. The lowest BCUT2D eigenvalue weighted by Crippen LogP contribution is -2.60. The summed E-state index contributed by atoms with van der Waals surface area (Å²) in [5, 5.41) is 0. The minimum absolute atomic E-state index is 0.190. The van der Waals surface area contributed by atoms with Crippen molar-refractivity contribution >= 4 is 23.8 Å². The maximum absolute atomic E-state index is 11.7. The molecule has 5 atom stereocenters. The van der Waals surface area contributed by atoms with Crippen LogP contribution in [0.3, 0.4) is 0 Å². The molecule has 0 spiro atoms. The van der Waals surface area contributed by atoms with Gasteiger partial charge in [-0.25, -0.2) is 4.99 Å². The Hall–Kier alpha value is -2.94. The van der Waals surface area contributed by atoms with Crippen molar-refractivity contribution in [2.24, 2.45) is 4.99 Å². The van der Waals surface area contributed by atoms with E-state index in [0.29, 0.717) is 5.90 Å². The molecular formula is C19H21NO8. The number of benzene rings is 1. The van der Waals surface area contributed by atoms with Crippen LogP contribution in [-0.2, 0) is 38.1 Å². The molecule has 1 aromatic carbocycles. The number of carbonyl (C=O) groups is 3. The highest BCUT2D eigenvalue weighted by molar-refractivity contribution is 5.95. The number of fused-ring (bicyclic) bond motifs is 1. The van der Waals surface area contributed by atoms with E-state index in [4.69, 9.17) is 23.7 Å². The van der Waals surface area contributed by atoms with Gasteiger partial charge in [-0.3, -0.25) is 14.4 Å². The van der Waals surface area contributed by atoms with Crippen LogP contribution in [0.25, 0.3) is 0 Å². The Kier molecular flexibility index (Phi) is 5.93. The number of carbonyl (C=O) groups excluding carboxylic acids is 3. The summed E-state index contributed by atoms with van der Waals surface area (Å²) in [4.78, 5) is 38.9. The largest absolute Gasteiger partial charge is 0.465 e. The molecule has 0 saturated carbocycles. The fourth-order valence-corrected chi connectivity index (χ4v) is 3.12.